The minimum absolute atomic E-state index is 0.0381. The van der Waals surface area contributed by atoms with Crippen molar-refractivity contribution in [2.24, 2.45) is 10.7 Å². The quantitative estimate of drug-likeness (QED) is 0.428. The Bertz CT molecular complexity index is 1300. The number of halogens is 3. The fraction of sp³-hybridized carbons (Fsp3) is 0.292. The first-order valence-electron chi connectivity index (χ1n) is 11.4. The highest BCUT2D eigenvalue weighted by molar-refractivity contribution is 6.00. The van der Waals surface area contributed by atoms with Crippen LogP contribution < -0.4 is 21.7 Å². The van der Waals surface area contributed by atoms with Crippen molar-refractivity contribution in [2.75, 3.05) is 30.8 Å². The molecule has 9 nitrogen and oxygen atoms in total. The Hall–Kier alpha value is -3.90. The average Bonchev–Trinajstić information content (AvgIpc) is 3.50. The number of carbonyl (C=O) groups excluding carboxylic acids is 1. The predicted octanol–water partition coefficient (Wildman–Crippen LogP) is 4.31. The third-order valence-electron chi connectivity index (χ3n) is 6.26. The van der Waals surface area contributed by atoms with E-state index in [0.29, 0.717) is 11.4 Å². The van der Waals surface area contributed by atoms with Gasteiger partial charge in [-0.2, -0.15) is 18.3 Å². The number of urea groups is 1. The molecule has 0 radical (unpaired) electrons. The van der Waals surface area contributed by atoms with Gasteiger partial charge in [-0.25, -0.2) is 14.5 Å². The molecule has 1 aromatic heterocycles. The second-order valence-electron chi connectivity index (χ2n) is 8.77. The molecule has 3 heterocycles. The largest absolute Gasteiger partial charge is 0.416 e. The summed E-state index contributed by atoms with van der Waals surface area (Å²) in [4.78, 5) is 18.8. The molecule has 0 spiro atoms. The molecule has 1 fully saturated rings. The second-order valence-corrected chi connectivity index (χ2v) is 8.77. The Morgan fingerprint density at radius 1 is 1.14 bits per heavy atom. The van der Waals surface area contributed by atoms with Crippen LogP contribution in [0.2, 0.25) is 0 Å². The molecule has 2 aromatic carbocycles. The van der Waals surface area contributed by atoms with Gasteiger partial charge in [-0.3, -0.25) is 0 Å². The predicted molar refractivity (Wildman–Crippen MR) is 131 cm³/mol. The lowest BCUT2D eigenvalue weighted by atomic mass is 10.0. The van der Waals surface area contributed by atoms with Gasteiger partial charge in [0.05, 0.1) is 23.5 Å². The number of aromatic nitrogens is 2. The van der Waals surface area contributed by atoms with E-state index in [1.807, 2.05) is 28.8 Å². The molecule has 2 atom stereocenters. The van der Waals surface area contributed by atoms with Crippen LogP contribution in [0.25, 0.3) is 11.3 Å². The molecule has 2 aliphatic heterocycles. The smallest absolute Gasteiger partial charge is 0.346 e. The van der Waals surface area contributed by atoms with Gasteiger partial charge in [-0.05, 0) is 43.3 Å². The highest BCUT2D eigenvalue weighted by Crippen LogP contribution is 2.40. The summed E-state index contributed by atoms with van der Waals surface area (Å²) in [5.41, 5.74) is 8.50. The zero-order valence-corrected chi connectivity index (χ0v) is 19.4. The van der Waals surface area contributed by atoms with Crippen molar-refractivity contribution in [2.45, 2.75) is 24.8 Å². The van der Waals surface area contributed by atoms with Gasteiger partial charge in [0.1, 0.15) is 11.9 Å². The Balaban J connectivity index is 1.35. The Morgan fingerprint density at radius 2 is 1.89 bits per heavy atom. The molecule has 5 rings (SSSR count). The number of amides is 2. The van der Waals surface area contributed by atoms with Crippen molar-refractivity contribution in [3.8, 4) is 11.3 Å². The first-order chi connectivity index (χ1) is 17.2. The monoisotopic (exact) mass is 498 g/mol. The molecule has 2 amide bonds. The van der Waals surface area contributed by atoms with Crippen LogP contribution in [-0.2, 0) is 6.18 Å². The van der Waals surface area contributed by atoms with E-state index in [2.05, 4.69) is 20.9 Å². The fourth-order valence-corrected chi connectivity index (χ4v) is 4.35. The van der Waals surface area contributed by atoms with Crippen molar-refractivity contribution in [1.29, 1.82) is 0 Å². The number of aliphatic imine (C=N–C) groups is 1. The molecule has 2 aliphatic rings. The van der Waals surface area contributed by atoms with E-state index in [1.54, 1.807) is 18.5 Å². The number of hydrogen-bond acceptors (Lipinski definition) is 6. The van der Waals surface area contributed by atoms with E-state index >= 15 is 0 Å². The lowest BCUT2D eigenvalue weighted by Crippen LogP contribution is -2.32. The Morgan fingerprint density at radius 3 is 2.58 bits per heavy atom. The molecule has 5 N–H and O–H groups in total. The number of nitrogens with one attached hydrogen (secondary N) is 3. The fourth-order valence-electron chi connectivity index (χ4n) is 4.35. The third-order valence-corrected chi connectivity index (χ3v) is 6.26. The summed E-state index contributed by atoms with van der Waals surface area (Å²) >= 11 is 0. The Labute approximate surface area is 205 Å². The van der Waals surface area contributed by atoms with Crippen molar-refractivity contribution in [3.63, 3.8) is 0 Å². The second kappa shape index (κ2) is 9.28. The van der Waals surface area contributed by atoms with Crippen LogP contribution in [0.5, 0.6) is 0 Å². The summed E-state index contributed by atoms with van der Waals surface area (Å²) in [6.07, 6.45) is -2.26. The van der Waals surface area contributed by atoms with E-state index in [9.17, 15) is 18.0 Å². The molecule has 188 valence electrons. The SMILES string of the molecule is CN1C=Nc2c(c(-c3ccc(NC(=O)Nc4cccc(C(F)(F)F)c4)cc3)nn2[C@@H]2CCNC2)C1N. The maximum absolute atomic E-state index is 12.9. The molecule has 1 saturated heterocycles. The van der Waals surface area contributed by atoms with E-state index < -0.39 is 23.9 Å². The van der Waals surface area contributed by atoms with Crippen LogP contribution in [0.4, 0.5) is 35.2 Å². The lowest BCUT2D eigenvalue weighted by molar-refractivity contribution is -0.137. The normalized spacial score (nSPS) is 19.3. The number of nitrogens with two attached hydrogens (primary N) is 1. The van der Waals surface area contributed by atoms with Crippen molar-refractivity contribution >= 4 is 29.6 Å². The molecule has 3 aromatic rings. The van der Waals surface area contributed by atoms with Gasteiger partial charge in [-0.1, -0.05) is 18.2 Å². The van der Waals surface area contributed by atoms with Gasteiger partial charge >= 0.3 is 12.2 Å². The summed E-state index contributed by atoms with van der Waals surface area (Å²) in [6, 6.07) is 11.0. The minimum atomic E-state index is -4.49. The van der Waals surface area contributed by atoms with Gasteiger partial charge in [0.2, 0.25) is 0 Å². The summed E-state index contributed by atoms with van der Waals surface area (Å²) in [5, 5.41) is 13.3. The zero-order chi connectivity index (χ0) is 25.4. The number of alkyl halides is 3. The molecule has 0 aliphatic carbocycles. The van der Waals surface area contributed by atoms with Crippen LogP contribution >= 0.6 is 0 Å². The first kappa shape index (κ1) is 23.8. The average molecular weight is 499 g/mol. The molecule has 36 heavy (non-hydrogen) atoms. The van der Waals surface area contributed by atoms with Gasteiger partial charge in [-0.15, -0.1) is 0 Å². The number of nitrogens with zero attached hydrogens (tertiary/aromatic N) is 4. The highest BCUT2D eigenvalue weighted by atomic mass is 19.4. The highest BCUT2D eigenvalue weighted by Gasteiger charge is 2.32. The number of hydrogen-bond donors (Lipinski definition) is 4. The number of fused-ring (bicyclic) bond motifs is 1. The molecule has 0 saturated carbocycles. The molecule has 12 heteroatoms. The topological polar surface area (TPSA) is 113 Å². The van der Waals surface area contributed by atoms with E-state index in [4.69, 9.17) is 10.8 Å². The Kier molecular flexibility index (Phi) is 6.14. The van der Waals surface area contributed by atoms with E-state index in [0.717, 1.165) is 48.6 Å². The number of anilines is 2. The minimum Gasteiger partial charge on any atom is -0.346 e. The van der Waals surface area contributed by atoms with Gasteiger partial charge in [0.15, 0.2) is 5.82 Å². The molecule has 0 bridgehead atoms. The summed E-state index contributed by atoms with van der Waals surface area (Å²) in [7, 11) is 1.85. The summed E-state index contributed by atoms with van der Waals surface area (Å²) in [6.45, 7) is 1.71. The summed E-state index contributed by atoms with van der Waals surface area (Å²) in [5.74, 6) is 0.743. The van der Waals surface area contributed by atoms with Crippen LogP contribution in [0, 0.1) is 0 Å². The van der Waals surface area contributed by atoms with Crippen LogP contribution in [0.15, 0.2) is 53.5 Å². The maximum Gasteiger partial charge on any atom is 0.416 e. The van der Waals surface area contributed by atoms with Gasteiger partial charge < -0.3 is 26.6 Å². The number of carbonyl (C=O) groups is 1. The van der Waals surface area contributed by atoms with Crippen molar-refractivity contribution < 1.29 is 18.0 Å². The third kappa shape index (κ3) is 4.64. The molecule has 1 unspecified atom stereocenters. The van der Waals surface area contributed by atoms with Gasteiger partial charge in [0.25, 0.3) is 0 Å². The van der Waals surface area contributed by atoms with Crippen LogP contribution in [0.3, 0.4) is 0 Å². The van der Waals surface area contributed by atoms with E-state index in [-0.39, 0.29) is 11.7 Å². The molecular weight excluding hydrogens is 473 g/mol. The number of benzene rings is 2. The summed E-state index contributed by atoms with van der Waals surface area (Å²) < 4.78 is 40.7. The molecular formula is C24H25F3N8O. The standard InChI is InChI=1S/C24H25F3N8O/c1-34-13-30-22-19(21(34)28)20(33-35(22)18-9-10-29-12-18)14-5-7-16(8-6-14)31-23(36)32-17-4-2-3-15(11-17)24(25,26)27/h2-8,11,13,18,21,29H,9-10,12,28H2,1H3,(H2,31,32,36)/t18-,21?/m1/s1. The number of rotatable bonds is 4. The lowest BCUT2D eigenvalue weighted by Gasteiger charge is -2.26. The van der Waals surface area contributed by atoms with Crippen LogP contribution in [-0.4, -0.2) is 47.2 Å². The van der Waals surface area contributed by atoms with Crippen LogP contribution in [0.1, 0.15) is 29.8 Å². The van der Waals surface area contributed by atoms with Crippen molar-refractivity contribution in [1.82, 2.24) is 20.0 Å². The van der Waals surface area contributed by atoms with Crippen molar-refractivity contribution in [3.05, 3.63) is 59.7 Å². The maximum atomic E-state index is 12.9. The first-order valence-corrected chi connectivity index (χ1v) is 11.4. The zero-order valence-electron chi connectivity index (χ0n) is 19.4. The van der Waals surface area contributed by atoms with E-state index in [1.165, 1.54) is 12.1 Å². The van der Waals surface area contributed by atoms with Gasteiger partial charge in [0, 0.05) is 30.5 Å².